The van der Waals surface area contributed by atoms with E-state index in [-0.39, 0.29) is 0 Å². The first-order valence-electron chi connectivity index (χ1n) is 4.39. The van der Waals surface area contributed by atoms with Gasteiger partial charge in [-0.25, -0.2) is 0 Å². The average Bonchev–Trinajstić information content (AvgIpc) is 2.03. The van der Waals surface area contributed by atoms with Crippen molar-refractivity contribution in [1.29, 1.82) is 0 Å². The third-order valence-electron chi connectivity index (χ3n) is 2.16. The summed E-state index contributed by atoms with van der Waals surface area (Å²) in [5, 5.41) is 4.25. The van der Waals surface area contributed by atoms with Gasteiger partial charge < -0.3 is 11.1 Å². The Bertz CT molecular complexity index is 108. The molecule has 0 amide bonds. The lowest BCUT2D eigenvalue weighted by atomic mass is 10.1. The van der Waals surface area contributed by atoms with Crippen LogP contribution in [0.15, 0.2) is 0 Å². The number of hydrogen-bond acceptors (Lipinski definition) is 3. The van der Waals surface area contributed by atoms with Gasteiger partial charge in [0.1, 0.15) is 0 Å². The molecule has 1 saturated heterocycles. The molecule has 1 aliphatic heterocycles. The van der Waals surface area contributed by atoms with Crippen LogP contribution in [0.3, 0.4) is 0 Å². The molecular weight excluding hydrogens is 156 g/mol. The standard InChI is InChI=1S/C8H18N2S/c1-7-8(10-5-4-9)3-2-6-11-7/h7-8,10H,2-6,9H2,1H3. The maximum absolute atomic E-state index is 5.42. The highest BCUT2D eigenvalue weighted by atomic mass is 32.2. The summed E-state index contributed by atoms with van der Waals surface area (Å²) < 4.78 is 0. The molecule has 1 rings (SSSR count). The molecule has 66 valence electrons. The third kappa shape index (κ3) is 3.01. The maximum Gasteiger partial charge on any atom is 0.0184 e. The van der Waals surface area contributed by atoms with Crippen molar-refractivity contribution >= 4 is 11.8 Å². The summed E-state index contributed by atoms with van der Waals surface area (Å²) in [4.78, 5) is 0. The fourth-order valence-electron chi connectivity index (χ4n) is 1.46. The van der Waals surface area contributed by atoms with Gasteiger partial charge in [0.2, 0.25) is 0 Å². The van der Waals surface area contributed by atoms with E-state index >= 15 is 0 Å². The minimum atomic E-state index is 0.706. The van der Waals surface area contributed by atoms with Crippen LogP contribution >= 0.6 is 11.8 Å². The van der Waals surface area contributed by atoms with Gasteiger partial charge in [0.15, 0.2) is 0 Å². The van der Waals surface area contributed by atoms with Crippen molar-refractivity contribution in [3.8, 4) is 0 Å². The first kappa shape index (κ1) is 9.36. The normalized spacial score (nSPS) is 32.2. The van der Waals surface area contributed by atoms with Gasteiger partial charge in [0.05, 0.1) is 0 Å². The van der Waals surface area contributed by atoms with Gasteiger partial charge >= 0.3 is 0 Å². The monoisotopic (exact) mass is 174 g/mol. The molecule has 0 spiro atoms. The smallest absolute Gasteiger partial charge is 0.0184 e. The first-order valence-corrected chi connectivity index (χ1v) is 5.44. The Hall–Kier alpha value is 0.270. The van der Waals surface area contributed by atoms with Gasteiger partial charge in [0.25, 0.3) is 0 Å². The van der Waals surface area contributed by atoms with Crippen molar-refractivity contribution in [2.75, 3.05) is 18.8 Å². The second kappa shape index (κ2) is 5.01. The van der Waals surface area contributed by atoms with Crippen LogP contribution in [0, 0.1) is 0 Å². The van der Waals surface area contributed by atoms with E-state index in [1.54, 1.807) is 0 Å². The lowest BCUT2D eigenvalue weighted by molar-refractivity contribution is 0.469. The second-order valence-electron chi connectivity index (χ2n) is 3.07. The van der Waals surface area contributed by atoms with Crippen molar-refractivity contribution < 1.29 is 0 Å². The molecule has 1 heterocycles. The fraction of sp³-hybridized carbons (Fsp3) is 1.00. The molecule has 0 aromatic rings. The molecule has 0 bridgehead atoms. The molecule has 3 heteroatoms. The van der Waals surface area contributed by atoms with Gasteiger partial charge in [0, 0.05) is 24.4 Å². The molecule has 0 saturated carbocycles. The number of nitrogens with two attached hydrogens (primary N) is 1. The predicted octanol–water partition coefficient (Wildman–Crippen LogP) is 0.819. The maximum atomic E-state index is 5.42. The topological polar surface area (TPSA) is 38.0 Å². The minimum Gasteiger partial charge on any atom is -0.329 e. The zero-order chi connectivity index (χ0) is 8.10. The Morgan fingerprint density at radius 1 is 1.64 bits per heavy atom. The highest BCUT2D eigenvalue weighted by molar-refractivity contribution is 7.99. The van der Waals surface area contributed by atoms with E-state index in [1.165, 1.54) is 18.6 Å². The fourth-order valence-corrected chi connectivity index (χ4v) is 2.63. The summed E-state index contributed by atoms with van der Waals surface area (Å²) in [6.45, 7) is 4.03. The molecule has 11 heavy (non-hydrogen) atoms. The molecule has 2 nitrogen and oxygen atoms in total. The Kier molecular flexibility index (Phi) is 4.26. The van der Waals surface area contributed by atoms with Crippen LogP contribution in [-0.2, 0) is 0 Å². The summed E-state index contributed by atoms with van der Waals surface area (Å²) in [6, 6.07) is 0.706. The Balaban J connectivity index is 2.18. The van der Waals surface area contributed by atoms with Crippen molar-refractivity contribution in [3.05, 3.63) is 0 Å². The quantitative estimate of drug-likeness (QED) is 0.665. The molecule has 2 atom stereocenters. The number of rotatable bonds is 3. The number of thioether (sulfide) groups is 1. The van der Waals surface area contributed by atoms with Gasteiger partial charge in [-0.3, -0.25) is 0 Å². The van der Waals surface area contributed by atoms with Crippen LogP contribution in [-0.4, -0.2) is 30.1 Å². The lowest BCUT2D eigenvalue weighted by Gasteiger charge is -2.28. The molecule has 3 N–H and O–H groups in total. The molecule has 1 fully saturated rings. The van der Waals surface area contributed by atoms with E-state index in [1.807, 2.05) is 0 Å². The number of hydrogen-bond donors (Lipinski definition) is 2. The second-order valence-corrected chi connectivity index (χ2v) is 4.55. The van der Waals surface area contributed by atoms with Gasteiger partial charge in [-0.05, 0) is 18.6 Å². The van der Waals surface area contributed by atoms with E-state index in [0.717, 1.165) is 18.3 Å². The van der Waals surface area contributed by atoms with E-state index in [0.29, 0.717) is 6.04 Å². The summed E-state index contributed by atoms with van der Waals surface area (Å²) in [7, 11) is 0. The van der Waals surface area contributed by atoms with Crippen LogP contribution in [0.1, 0.15) is 19.8 Å². The Labute approximate surface area is 73.3 Å². The van der Waals surface area contributed by atoms with E-state index in [9.17, 15) is 0 Å². The van der Waals surface area contributed by atoms with Crippen LogP contribution in [0.4, 0.5) is 0 Å². The van der Waals surface area contributed by atoms with Crippen molar-refractivity contribution in [3.63, 3.8) is 0 Å². The summed E-state index contributed by atoms with van der Waals surface area (Å²) in [5.74, 6) is 1.34. The van der Waals surface area contributed by atoms with Crippen molar-refractivity contribution in [2.45, 2.75) is 31.1 Å². The molecule has 2 unspecified atom stereocenters. The van der Waals surface area contributed by atoms with E-state index < -0.39 is 0 Å². The predicted molar refractivity (Wildman–Crippen MR) is 52.0 cm³/mol. The molecule has 0 aromatic carbocycles. The minimum absolute atomic E-state index is 0.706. The van der Waals surface area contributed by atoms with Crippen LogP contribution in [0.25, 0.3) is 0 Å². The zero-order valence-electron chi connectivity index (χ0n) is 7.18. The van der Waals surface area contributed by atoms with Gasteiger partial charge in [-0.15, -0.1) is 0 Å². The Morgan fingerprint density at radius 3 is 3.09 bits per heavy atom. The summed E-state index contributed by atoms with van der Waals surface area (Å²) in [6.07, 6.45) is 2.69. The van der Waals surface area contributed by atoms with Gasteiger partial charge in [-0.1, -0.05) is 6.92 Å². The molecule has 0 aromatic heterocycles. The largest absolute Gasteiger partial charge is 0.329 e. The Morgan fingerprint density at radius 2 is 2.45 bits per heavy atom. The van der Waals surface area contributed by atoms with Crippen molar-refractivity contribution in [2.24, 2.45) is 5.73 Å². The number of nitrogens with one attached hydrogen (secondary N) is 1. The van der Waals surface area contributed by atoms with Crippen LogP contribution in [0.5, 0.6) is 0 Å². The molecular formula is C8H18N2S. The van der Waals surface area contributed by atoms with Crippen molar-refractivity contribution in [1.82, 2.24) is 5.32 Å². The average molecular weight is 174 g/mol. The van der Waals surface area contributed by atoms with E-state index in [2.05, 4.69) is 24.0 Å². The lowest BCUT2D eigenvalue weighted by Crippen LogP contribution is -2.41. The SMILES string of the molecule is CC1SCCCC1NCCN. The van der Waals surface area contributed by atoms with E-state index in [4.69, 9.17) is 5.73 Å². The third-order valence-corrected chi connectivity index (χ3v) is 3.54. The highest BCUT2D eigenvalue weighted by Gasteiger charge is 2.20. The summed E-state index contributed by atoms with van der Waals surface area (Å²) in [5.41, 5.74) is 5.42. The first-order chi connectivity index (χ1) is 5.34. The summed E-state index contributed by atoms with van der Waals surface area (Å²) >= 11 is 2.07. The molecule has 1 aliphatic rings. The molecule has 0 aliphatic carbocycles. The van der Waals surface area contributed by atoms with Crippen LogP contribution in [0.2, 0.25) is 0 Å². The molecule has 0 radical (unpaired) electrons. The highest BCUT2D eigenvalue weighted by Crippen LogP contribution is 2.24. The van der Waals surface area contributed by atoms with Gasteiger partial charge in [-0.2, -0.15) is 11.8 Å². The van der Waals surface area contributed by atoms with Crippen LogP contribution < -0.4 is 11.1 Å². The zero-order valence-corrected chi connectivity index (χ0v) is 7.99.